The minimum atomic E-state index is 0.663. The molecule has 1 aromatic heterocycles. The Hall–Kier alpha value is -7.47. The van der Waals surface area contributed by atoms with Gasteiger partial charge in [0.25, 0.3) is 0 Å². The standard InChI is InChI=1S/C53H31NO/c54-32-35-17-4-5-18-36(35)51-41-23-10-12-25-43(41)52(44-26-13-11-24-42(44)51)46-28-14-27-45-47-31-34(29-30-48(47)55-53(45)46)50-39-21-8-6-19-37(39)49(33-15-2-1-3-16-33)38-20-7-9-22-40(38)50/h1-31H. The molecule has 0 saturated carbocycles. The van der Waals surface area contributed by atoms with Crippen LogP contribution >= 0.6 is 0 Å². The number of para-hydroxylation sites is 1. The van der Waals surface area contributed by atoms with Gasteiger partial charge in [0.2, 0.25) is 0 Å². The molecule has 10 aromatic carbocycles. The van der Waals surface area contributed by atoms with E-state index in [1.165, 1.54) is 38.2 Å². The van der Waals surface area contributed by atoms with Crippen molar-refractivity contribution >= 4 is 65.0 Å². The first-order valence-electron chi connectivity index (χ1n) is 18.7. The lowest BCUT2D eigenvalue weighted by molar-refractivity contribution is 0.670. The average molecular weight is 698 g/mol. The SMILES string of the molecule is N#Cc1ccccc1-c1c2ccccc2c(-c2cccc3c2oc2ccc(-c4c5ccccc5c(-c5ccccc5)c5ccccc45)cc23)c2ccccc12. The highest BCUT2D eigenvalue weighted by Gasteiger charge is 2.22. The quantitative estimate of drug-likeness (QED) is 0.172. The first-order valence-corrected chi connectivity index (χ1v) is 18.7. The van der Waals surface area contributed by atoms with Gasteiger partial charge in [-0.3, -0.25) is 0 Å². The summed E-state index contributed by atoms with van der Waals surface area (Å²) in [6, 6.07) is 69.0. The normalized spacial score (nSPS) is 11.6. The highest BCUT2D eigenvalue weighted by atomic mass is 16.3. The van der Waals surface area contributed by atoms with Gasteiger partial charge in [-0.15, -0.1) is 0 Å². The molecule has 11 rings (SSSR count). The van der Waals surface area contributed by atoms with Crippen molar-refractivity contribution in [3.63, 3.8) is 0 Å². The molecule has 0 N–H and O–H groups in total. The molecule has 2 heteroatoms. The van der Waals surface area contributed by atoms with E-state index >= 15 is 0 Å². The molecule has 0 unspecified atom stereocenters. The molecule has 0 aliphatic heterocycles. The van der Waals surface area contributed by atoms with Gasteiger partial charge < -0.3 is 4.42 Å². The summed E-state index contributed by atoms with van der Waals surface area (Å²) in [7, 11) is 0. The van der Waals surface area contributed by atoms with E-state index in [2.05, 4.69) is 176 Å². The second-order valence-electron chi connectivity index (χ2n) is 14.2. The van der Waals surface area contributed by atoms with E-state index < -0.39 is 0 Å². The van der Waals surface area contributed by atoms with E-state index in [1.54, 1.807) is 0 Å². The van der Waals surface area contributed by atoms with Crippen molar-refractivity contribution in [1.82, 2.24) is 0 Å². The molecule has 55 heavy (non-hydrogen) atoms. The predicted molar refractivity (Wildman–Crippen MR) is 230 cm³/mol. The molecular weight excluding hydrogens is 667 g/mol. The van der Waals surface area contributed by atoms with E-state index in [-0.39, 0.29) is 0 Å². The molecule has 11 aromatic rings. The Morgan fingerprint density at radius 2 is 0.764 bits per heavy atom. The fourth-order valence-corrected chi connectivity index (χ4v) is 9.01. The Morgan fingerprint density at radius 3 is 1.33 bits per heavy atom. The third-order valence-corrected chi connectivity index (χ3v) is 11.3. The van der Waals surface area contributed by atoms with Crippen LogP contribution in [0.2, 0.25) is 0 Å². The number of hydrogen-bond acceptors (Lipinski definition) is 2. The van der Waals surface area contributed by atoms with Gasteiger partial charge in [-0.05, 0) is 89.1 Å². The highest BCUT2D eigenvalue weighted by molar-refractivity contribution is 6.25. The molecule has 0 fully saturated rings. The number of nitriles is 1. The average Bonchev–Trinajstić information content (AvgIpc) is 3.63. The number of benzene rings is 10. The van der Waals surface area contributed by atoms with Gasteiger partial charge in [-0.2, -0.15) is 5.26 Å². The second kappa shape index (κ2) is 12.3. The molecule has 0 radical (unpaired) electrons. The highest BCUT2D eigenvalue weighted by Crippen LogP contribution is 2.48. The van der Waals surface area contributed by atoms with Gasteiger partial charge in [0.15, 0.2) is 0 Å². The molecule has 0 amide bonds. The molecule has 0 aliphatic rings. The maximum absolute atomic E-state index is 10.1. The van der Waals surface area contributed by atoms with E-state index in [0.717, 1.165) is 71.3 Å². The van der Waals surface area contributed by atoms with E-state index in [9.17, 15) is 5.26 Å². The Kier molecular flexibility index (Phi) is 6.96. The van der Waals surface area contributed by atoms with Gasteiger partial charge in [-0.25, -0.2) is 0 Å². The molecule has 2 nitrogen and oxygen atoms in total. The number of furan rings is 1. The van der Waals surface area contributed by atoms with Crippen LogP contribution in [0.3, 0.4) is 0 Å². The lowest BCUT2D eigenvalue weighted by Crippen LogP contribution is -1.92. The van der Waals surface area contributed by atoms with Gasteiger partial charge in [0.1, 0.15) is 11.2 Å². The minimum absolute atomic E-state index is 0.663. The molecule has 254 valence electrons. The molecular formula is C53H31NO. The summed E-state index contributed by atoms with van der Waals surface area (Å²) < 4.78 is 6.89. The number of hydrogen-bond donors (Lipinski definition) is 0. The third kappa shape index (κ3) is 4.67. The lowest BCUT2D eigenvalue weighted by atomic mass is 9.84. The molecule has 0 aliphatic carbocycles. The maximum Gasteiger partial charge on any atom is 0.143 e. The van der Waals surface area contributed by atoms with Crippen LogP contribution in [0, 0.1) is 11.3 Å². The van der Waals surface area contributed by atoms with Gasteiger partial charge >= 0.3 is 0 Å². The Bertz CT molecular complexity index is 3270. The molecule has 0 atom stereocenters. The van der Waals surface area contributed by atoms with Crippen LogP contribution in [0.15, 0.2) is 192 Å². The van der Waals surface area contributed by atoms with Crippen LogP contribution in [0.4, 0.5) is 0 Å². The van der Waals surface area contributed by atoms with Crippen molar-refractivity contribution in [2.45, 2.75) is 0 Å². The minimum Gasteiger partial charge on any atom is -0.455 e. The monoisotopic (exact) mass is 697 g/mol. The van der Waals surface area contributed by atoms with Gasteiger partial charge in [-0.1, -0.05) is 170 Å². The number of fused-ring (bicyclic) bond motifs is 7. The smallest absolute Gasteiger partial charge is 0.143 e. The summed E-state index contributed by atoms with van der Waals surface area (Å²) in [5, 5.41) is 21.7. The van der Waals surface area contributed by atoms with Crippen LogP contribution in [-0.2, 0) is 0 Å². The van der Waals surface area contributed by atoms with Crippen molar-refractivity contribution in [3.8, 4) is 50.6 Å². The number of nitrogens with zero attached hydrogens (tertiary/aromatic N) is 1. The summed E-state index contributed by atoms with van der Waals surface area (Å²) in [5.41, 5.74) is 11.4. The second-order valence-corrected chi connectivity index (χ2v) is 14.2. The maximum atomic E-state index is 10.1. The Morgan fingerprint density at radius 1 is 0.327 bits per heavy atom. The fraction of sp³-hybridized carbons (Fsp3) is 0. The molecule has 0 bridgehead atoms. The summed E-state index contributed by atoms with van der Waals surface area (Å²) in [4.78, 5) is 0. The summed E-state index contributed by atoms with van der Waals surface area (Å²) in [6.07, 6.45) is 0. The molecule has 0 spiro atoms. The van der Waals surface area contributed by atoms with Crippen LogP contribution < -0.4 is 0 Å². The summed E-state index contributed by atoms with van der Waals surface area (Å²) in [5.74, 6) is 0. The first kappa shape index (κ1) is 31.1. The van der Waals surface area contributed by atoms with Crippen molar-refractivity contribution in [2.75, 3.05) is 0 Å². The summed E-state index contributed by atoms with van der Waals surface area (Å²) in [6.45, 7) is 0. The first-order chi connectivity index (χ1) is 27.3. The third-order valence-electron chi connectivity index (χ3n) is 11.3. The van der Waals surface area contributed by atoms with Crippen molar-refractivity contribution in [1.29, 1.82) is 5.26 Å². The Balaban J connectivity index is 1.18. The van der Waals surface area contributed by atoms with Crippen molar-refractivity contribution < 1.29 is 4.42 Å². The van der Waals surface area contributed by atoms with Gasteiger partial charge in [0, 0.05) is 27.5 Å². The topological polar surface area (TPSA) is 36.9 Å². The zero-order chi connectivity index (χ0) is 36.5. The number of rotatable bonds is 4. The molecule has 0 saturated heterocycles. The lowest BCUT2D eigenvalue weighted by Gasteiger charge is -2.18. The zero-order valence-electron chi connectivity index (χ0n) is 29.8. The van der Waals surface area contributed by atoms with Crippen LogP contribution in [-0.4, -0.2) is 0 Å². The van der Waals surface area contributed by atoms with Crippen LogP contribution in [0.1, 0.15) is 5.56 Å². The van der Waals surface area contributed by atoms with Crippen LogP contribution in [0.5, 0.6) is 0 Å². The van der Waals surface area contributed by atoms with E-state index in [4.69, 9.17) is 4.42 Å². The predicted octanol–water partition coefficient (Wildman–Crippen LogP) is 14.7. The fourth-order valence-electron chi connectivity index (χ4n) is 9.01. The summed E-state index contributed by atoms with van der Waals surface area (Å²) >= 11 is 0. The largest absolute Gasteiger partial charge is 0.455 e. The van der Waals surface area contributed by atoms with Crippen LogP contribution in [0.25, 0.3) is 110 Å². The van der Waals surface area contributed by atoms with Gasteiger partial charge in [0.05, 0.1) is 11.6 Å². The van der Waals surface area contributed by atoms with Crippen molar-refractivity contribution in [2.24, 2.45) is 0 Å². The van der Waals surface area contributed by atoms with E-state index in [0.29, 0.717) is 5.56 Å². The van der Waals surface area contributed by atoms with E-state index in [1.807, 2.05) is 18.2 Å². The molecule has 1 heterocycles. The Labute approximate surface area is 317 Å². The zero-order valence-corrected chi connectivity index (χ0v) is 29.8. The van der Waals surface area contributed by atoms with Crippen molar-refractivity contribution in [3.05, 3.63) is 194 Å².